The average Bonchev–Trinajstić information content (AvgIpc) is 2.40. The quantitative estimate of drug-likeness (QED) is 0.897. The van der Waals surface area contributed by atoms with Gasteiger partial charge in [0.05, 0.1) is 5.56 Å². The summed E-state index contributed by atoms with van der Waals surface area (Å²) < 4.78 is 5.88. The van der Waals surface area contributed by atoms with Crippen LogP contribution in [0.5, 0.6) is 5.75 Å². The van der Waals surface area contributed by atoms with Gasteiger partial charge in [-0.2, -0.15) is 0 Å². The van der Waals surface area contributed by atoms with Gasteiger partial charge in [-0.15, -0.1) is 0 Å². The Morgan fingerprint density at radius 3 is 2.32 bits per heavy atom. The third kappa shape index (κ3) is 3.68. The summed E-state index contributed by atoms with van der Waals surface area (Å²) in [5, 5.41) is 13.2. The minimum absolute atomic E-state index is 0.215. The lowest BCUT2D eigenvalue weighted by molar-refractivity contribution is -0.0231. The van der Waals surface area contributed by atoms with E-state index in [1.807, 2.05) is 14.1 Å². The van der Waals surface area contributed by atoms with Gasteiger partial charge in [-0.25, -0.2) is 14.8 Å². The van der Waals surface area contributed by atoms with Crippen LogP contribution in [-0.2, 0) is 0 Å². The van der Waals surface area contributed by atoms with Gasteiger partial charge >= 0.3 is 5.97 Å². The molecule has 19 heavy (non-hydrogen) atoms. The van der Waals surface area contributed by atoms with Crippen molar-refractivity contribution in [2.45, 2.75) is 18.9 Å². The second-order valence-corrected chi connectivity index (χ2v) is 4.95. The number of aromatic carboxylic acids is 1. The molecule has 104 valence electrons. The average molecular weight is 264 g/mol. The molecule has 0 radical (unpaired) electrons. The van der Waals surface area contributed by atoms with Crippen molar-refractivity contribution in [3.05, 3.63) is 29.8 Å². The van der Waals surface area contributed by atoms with Crippen LogP contribution in [0.15, 0.2) is 24.3 Å². The Bertz CT molecular complexity index is 423. The van der Waals surface area contributed by atoms with E-state index in [0.717, 1.165) is 31.7 Å². The molecule has 1 N–H and O–H groups in total. The predicted molar refractivity (Wildman–Crippen MR) is 72.3 cm³/mol. The summed E-state index contributed by atoms with van der Waals surface area (Å²) in [4.78, 5) is 10.8. The molecule has 1 aromatic rings. The molecular weight excluding hydrogens is 244 g/mol. The molecule has 5 heteroatoms. The van der Waals surface area contributed by atoms with Crippen molar-refractivity contribution in [3.8, 4) is 5.75 Å². The van der Waals surface area contributed by atoms with Gasteiger partial charge in [0.2, 0.25) is 0 Å². The van der Waals surface area contributed by atoms with Crippen molar-refractivity contribution in [1.29, 1.82) is 0 Å². The monoisotopic (exact) mass is 264 g/mol. The topological polar surface area (TPSA) is 53.0 Å². The van der Waals surface area contributed by atoms with E-state index in [9.17, 15) is 4.79 Å². The fourth-order valence-electron chi connectivity index (χ4n) is 2.23. The molecule has 0 unspecified atom stereocenters. The van der Waals surface area contributed by atoms with Gasteiger partial charge in [0.25, 0.3) is 0 Å². The Kier molecular flexibility index (Phi) is 4.39. The molecule has 1 aliphatic rings. The van der Waals surface area contributed by atoms with Crippen LogP contribution in [0.3, 0.4) is 0 Å². The Labute approximate surface area is 113 Å². The highest BCUT2D eigenvalue weighted by molar-refractivity contribution is 5.87. The molecule has 0 spiro atoms. The van der Waals surface area contributed by atoms with Gasteiger partial charge in [0, 0.05) is 27.2 Å². The third-order valence-electron chi connectivity index (χ3n) is 3.39. The number of hydrazine groups is 1. The number of hydrogen-bond donors (Lipinski definition) is 1. The summed E-state index contributed by atoms with van der Waals surface area (Å²) in [6.45, 7) is 1.98. The molecule has 1 saturated heterocycles. The van der Waals surface area contributed by atoms with Crippen molar-refractivity contribution < 1.29 is 14.6 Å². The van der Waals surface area contributed by atoms with Crippen LogP contribution in [0.2, 0.25) is 0 Å². The van der Waals surface area contributed by atoms with E-state index in [1.54, 1.807) is 24.3 Å². The molecular formula is C14H20N2O3. The van der Waals surface area contributed by atoms with Gasteiger partial charge in [0.1, 0.15) is 11.9 Å². The highest BCUT2D eigenvalue weighted by Gasteiger charge is 2.21. The number of benzene rings is 1. The zero-order chi connectivity index (χ0) is 13.8. The predicted octanol–water partition coefficient (Wildman–Crippen LogP) is 1.70. The molecule has 0 bridgehead atoms. The van der Waals surface area contributed by atoms with E-state index < -0.39 is 5.97 Å². The number of hydrogen-bond acceptors (Lipinski definition) is 4. The Morgan fingerprint density at radius 1 is 1.26 bits per heavy atom. The zero-order valence-corrected chi connectivity index (χ0v) is 11.4. The summed E-state index contributed by atoms with van der Waals surface area (Å²) in [5.74, 6) is -0.167. The van der Waals surface area contributed by atoms with Gasteiger partial charge in [-0.1, -0.05) is 0 Å². The van der Waals surface area contributed by atoms with E-state index in [0.29, 0.717) is 0 Å². The smallest absolute Gasteiger partial charge is 0.335 e. The number of carboxylic acid groups (broad SMARTS) is 1. The normalized spacial score (nSPS) is 17.6. The number of carboxylic acids is 1. The first-order chi connectivity index (χ1) is 9.06. The molecule has 0 aromatic heterocycles. The van der Waals surface area contributed by atoms with E-state index >= 15 is 0 Å². The number of carbonyl (C=O) groups is 1. The van der Waals surface area contributed by atoms with E-state index in [-0.39, 0.29) is 11.7 Å². The lowest BCUT2D eigenvalue weighted by Crippen LogP contribution is -2.45. The van der Waals surface area contributed by atoms with Gasteiger partial charge in [-0.3, -0.25) is 0 Å². The van der Waals surface area contributed by atoms with Gasteiger partial charge in [0.15, 0.2) is 0 Å². The summed E-state index contributed by atoms with van der Waals surface area (Å²) in [5.41, 5.74) is 0.287. The molecule has 0 atom stereocenters. The van der Waals surface area contributed by atoms with Crippen molar-refractivity contribution in [1.82, 2.24) is 10.0 Å². The fourth-order valence-corrected chi connectivity index (χ4v) is 2.23. The Hall–Kier alpha value is -1.59. The summed E-state index contributed by atoms with van der Waals surface area (Å²) in [7, 11) is 4.09. The van der Waals surface area contributed by atoms with Crippen LogP contribution in [-0.4, -0.2) is 54.4 Å². The van der Waals surface area contributed by atoms with Crippen LogP contribution in [0.4, 0.5) is 0 Å². The maximum Gasteiger partial charge on any atom is 0.335 e. The zero-order valence-electron chi connectivity index (χ0n) is 11.4. The number of rotatable bonds is 4. The number of nitrogens with zero attached hydrogens (tertiary/aromatic N) is 2. The molecule has 1 aliphatic heterocycles. The highest BCUT2D eigenvalue weighted by atomic mass is 16.5. The van der Waals surface area contributed by atoms with Gasteiger partial charge in [-0.05, 0) is 37.1 Å². The van der Waals surface area contributed by atoms with Crippen LogP contribution in [0, 0.1) is 0 Å². The third-order valence-corrected chi connectivity index (χ3v) is 3.39. The molecule has 5 nitrogen and oxygen atoms in total. The summed E-state index contributed by atoms with van der Waals surface area (Å²) >= 11 is 0. The van der Waals surface area contributed by atoms with Crippen LogP contribution in [0.1, 0.15) is 23.2 Å². The molecule has 1 aromatic carbocycles. The van der Waals surface area contributed by atoms with Crippen molar-refractivity contribution >= 4 is 5.97 Å². The van der Waals surface area contributed by atoms with E-state index in [1.165, 1.54) is 0 Å². The first-order valence-corrected chi connectivity index (χ1v) is 6.48. The molecule has 0 aliphatic carbocycles. The summed E-state index contributed by atoms with van der Waals surface area (Å²) in [6, 6.07) is 6.60. The van der Waals surface area contributed by atoms with Crippen molar-refractivity contribution in [2.24, 2.45) is 0 Å². The summed E-state index contributed by atoms with van der Waals surface area (Å²) in [6.07, 6.45) is 2.18. The molecule has 0 saturated carbocycles. The minimum Gasteiger partial charge on any atom is -0.490 e. The molecule has 2 rings (SSSR count). The number of ether oxygens (including phenoxy) is 1. The second kappa shape index (κ2) is 6.04. The first kappa shape index (κ1) is 13.8. The minimum atomic E-state index is -0.911. The SMILES string of the molecule is CN(C)N1CCC(Oc2ccc(C(=O)O)cc2)CC1. The fraction of sp³-hybridized carbons (Fsp3) is 0.500. The lowest BCUT2D eigenvalue weighted by Gasteiger charge is -2.35. The Balaban J connectivity index is 1.87. The highest BCUT2D eigenvalue weighted by Crippen LogP contribution is 2.19. The van der Waals surface area contributed by atoms with E-state index in [4.69, 9.17) is 9.84 Å². The molecule has 0 amide bonds. The van der Waals surface area contributed by atoms with E-state index in [2.05, 4.69) is 10.0 Å². The second-order valence-electron chi connectivity index (χ2n) is 4.95. The van der Waals surface area contributed by atoms with Crippen LogP contribution < -0.4 is 4.74 Å². The number of piperidine rings is 1. The maximum absolute atomic E-state index is 10.8. The Morgan fingerprint density at radius 2 is 1.84 bits per heavy atom. The maximum atomic E-state index is 10.8. The standard InChI is InChI=1S/C14H20N2O3/c1-15(2)16-9-7-13(8-10-16)19-12-5-3-11(4-6-12)14(17)18/h3-6,13H,7-10H2,1-2H3,(H,17,18). The first-order valence-electron chi connectivity index (χ1n) is 6.48. The van der Waals surface area contributed by atoms with Gasteiger partial charge < -0.3 is 9.84 Å². The van der Waals surface area contributed by atoms with Crippen LogP contribution in [0.25, 0.3) is 0 Å². The lowest BCUT2D eigenvalue weighted by atomic mass is 10.1. The van der Waals surface area contributed by atoms with Crippen LogP contribution >= 0.6 is 0 Å². The molecule has 1 heterocycles. The largest absolute Gasteiger partial charge is 0.490 e. The van der Waals surface area contributed by atoms with Crippen molar-refractivity contribution in [3.63, 3.8) is 0 Å². The van der Waals surface area contributed by atoms with Crippen molar-refractivity contribution in [2.75, 3.05) is 27.2 Å². The molecule has 1 fully saturated rings.